The molecule has 0 radical (unpaired) electrons. The van der Waals surface area contributed by atoms with Crippen molar-refractivity contribution in [3.63, 3.8) is 0 Å². The molecule has 1 aromatic heterocycles. The topological polar surface area (TPSA) is 52.3 Å². The average Bonchev–Trinajstić information content (AvgIpc) is 2.92. The molecular formula is C14H16ClNO2S. The Kier molecular flexibility index (Phi) is 6.02. The average molecular weight is 298 g/mol. The highest BCUT2D eigenvalue weighted by Gasteiger charge is 2.13. The summed E-state index contributed by atoms with van der Waals surface area (Å²) in [6.07, 6.45) is 0.497. The molecule has 19 heavy (non-hydrogen) atoms. The van der Waals surface area contributed by atoms with Crippen LogP contribution in [-0.4, -0.2) is 19.1 Å². The number of rotatable bonds is 4. The Hall–Kier alpha value is -1.36. The second kappa shape index (κ2) is 7.28. The van der Waals surface area contributed by atoms with E-state index in [1.54, 1.807) is 11.3 Å². The summed E-state index contributed by atoms with van der Waals surface area (Å²) in [6.45, 7) is 0. The van der Waals surface area contributed by atoms with Crippen LogP contribution >= 0.6 is 23.7 Å². The van der Waals surface area contributed by atoms with E-state index in [0.29, 0.717) is 6.42 Å². The number of esters is 1. The SMILES string of the molecule is COC(=O)[C@H](N)Cc1ccc(-c2ccsc2)cc1.Cl. The lowest BCUT2D eigenvalue weighted by Gasteiger charge is -2.09. The standard InChI is InChI=1S/C14H15NO2S.ClH/c1-17-14(16)13(15)8-10-2-4-11(5-3-10)12-6-7-18-9-12;/h2-7,9,13H,8,15H2,1H3;1H/t13-;/m1./s1. The summed E-state index contributed by atoms with van der Waals surface area (Å²) in [5.74, 6) is -0.378. The van der Waals surface area contributed by atoms with Gasteiger partial charge in [-0.1, -0.05) is 24.3 Å². The van der Waals surface area contributed by atoms with Crippen LogP contribution in [0.4, 0.5) is 0 Å². The number of benzene rings is 1. The van der Waals surface area contributed by atoms with E-state index < -0.39 is 6.04 Å². The number of ether oxygens (including phenoxy) is 1. The molecule has 0 aliphatic carbocycles. The molecule has 3 nitrogen and oxygen atoms in total. The number of thiophene rings is 1. The van der Waals surface area contributed by atoms with E-state index in [9.17, 15) is 4.79 Å². The lowest BCUT2D eigenvalue weighted by atomic mass is 10.0. The van der Waals surface area contributed by atoms with E-state index in [2.05, 4.69) is 21.6 Å². The van der Waals surface area contributed by atoms with Crippen LogP contribution in [0.25, 0.3) is 11.1 Å². The minimum Gasteiger partial charge on any atom is -0.468 e. The Labute approximate surface area is 122 Å². The Bertz CT molecular complexity index is 511. The molecule has 0 amide bonds. The van der Waals surface area contributed by atoms with Crippen molar-refractivity contribution in [2.24, 2.45) is 5.73 Å². The van der Waals surface area contributed by atoms with Gasteiger partial charge in [0.25, 0.3) is 0 Å². The lowest BCUT2D eigenvalue weighted by molar-refractivity contribution is -0.142. The van der Waals surface area contributed by atoms with E-state index in [-0.39, 0.29) is 18.4 Å². The second-order valence-electron chi connectivity index (χ2n) is 4.04. The number of halogens is 1. The van der Waals surface area contributed by atoms with E-state index in [1.807, 2.05) is 24.3 Å². The molecule has 2 aromatic rings. The fourth-order valence-corrected chi connectivity index (χ4v) is 2.42. The van der Waals surface area contributed by atoms with Gasteiger partial charge in [-0.05, 0) is 39.9 Å². The van der Waals surface area contributed by atoms with Gasteiger partial charge >= 0.3 is 5.97 Å². The van der Waals surface area contributed by atoms with Gasteiger partial charge in [-0.3, -0.25) is 4.79 Å². The molecule has 1 atom stereocenters. The lowest BCUT2D eigenvalue weighted by Crippen LogP contribution is -2.33. The maximum absolute atomic E-state index is 11.2. The number of nitrogens with two attached hydrogens (primary N) is 1. The van der Waals surface area contributed by atoms with Gasteiger partial charge in [-0.15, -0.1) is 12.4 Å². The van der Waals surface area contributed by atoms with Crippen LogP contribution in [0.15, 0.2) is 41.1 Å². The highest BCUT2D eigenvalue weighted by Crippen LogP contribution is 2.22. The summed E-state index contributed by atoms with van der Waals surface area (Å²) < 4.78 is 4.60. The van der Waals surface area contributed by atoms with Gasteiger partial charge in [0.1, 0.15) is 6.04 Å². The van der Waals surface area contributed by atoms with Gasteiger partial charge in [0.05, 0.1) is 7.11 Å². The first kappa shape index (κ1) is 15.7. The van der Waals surface area contributed by atoms with E-state index >= 15 is 0 Å². The first-order valence-corrected chi connectivity index (χ1v) is 6.60. The van der Waals surface area contributed by atoms with Crippen molar-refractivity contribution in [2.75, 3.05) is 7.11 Å². The van der Waals surface area contributed by atoms with Gasteiger partial charge in [0, 0.05) is 0 Å². The minimum absolute atomic E-state index is 0. The van der Waals surface area contributed by atoms with E-state index in [4.69, 9.17) is 5.73 Å². The Morgan fingerprint density at radius 1 is 1.26 bits per heavy atom. The summed E-state index contributed by atoms with van der Waals surface area (Å²) in [5, 5.41) is 4.16. The minimum atomic E-state index is -0.595. The third kappa shape index (κ3) is 4.06. The summed E-state index contributed by atoms with van der Waals surface area (Å²) in [5.41, 5.74) is 9.14. The number of hydrogen-bond acceptors (Lipinski definition) is 4. The smallest absolute Gasteiger partial charge is 0.322 e. The molecule has 1 heterocycles. The van der Waals surface area contributed by atoms with Gasteiger partial charge in [-0.25, -0.2) is 0 Å². The van der Waals surface area contributed by atoms with Crippen molar-refractivity contribution >= 4 is 29.7 Å². The Balaban J connectivity index is 0.00000180. The van der Waals surface area contributed by atoms with Crippen molar-refractivity contribution in [3.8, 4) is 11.1 Å². The molecule has 102 valence electrons. The molecule has 0 saturated heterocycles. The van der Waals surface area contributed by atoms with Crippen LogP contribution in [0, 0.1) is 0 Å². The van der Waals surface area contributed by atoms with Crippen molar-refractivity contribution in [1.29, 1.82) is 0 Å². The maximum atomic E-state index is 11.2. The number of carbonyl (C=O) groups is 1. The predicted molar refractivity (Wildman–Crippen MR) is 80.7 cm³/mol. The van der Waals surface area contributed by atoms with Crippen molar-refractivity contribution in [1.82, 2.24) is 0 Å². The van der Waals surface area contributed by atoms with Crippen LogP contribution in [0.2, 0.25) is 0 Å². The molecule has 0 saturated carbocycles. The molecule has 2 N–H and O–H groups in total. The zero-order valence-electron chi connectivity index (χ0n) is 10.5. The first-order chi connectivity index (χ1) is 8.70. The first-order valence-electron chi connectivity index (χ1n) is 5.65. The molecule has 0 spiro atoms. The molecule has 0 aliphatic heterocycles. The zero-order chi connectivity index (χ0) is 13.0. The van der Waals surface area contributed by atoms with Crippen LogP contribution in [0.1, 0.15) is 5.56 Å². The fraction of sp³-hybridized carbons (Fsp3) is 0.214. The van der Waals surface area contributed by atoms with Crippen molar-refractivity contribution < 1.29 is 9.53 Å². The normalized spacial score (nSPS) is 11.5. The molecule has 0 fully saturated rings. The van der Waals surface area contributed by atoms with Gasteiger partial charge in [0.2, 0.25) is 0 Å². The summed E-state index contributed by atoms with van der Waals surface area (Å²) in [6, 6.07) is 9.57. The van der Waals surface area contributed by atoms with Crippen molar-refractivity contribution in [2.45, 2.75) is 12.5 Å². The fourth-order valence-electron chi connectivity index (χ4n) is 1.75. The maximum Gasteiger partial charge on any atom is 0.322 e. The monoisotopic (exact) mass is 297 g/mol. The molecule has 2 rings (SSSR count). The summed E-state index contributed by atoms with van der Waals surface area (Å²) >= 11 is 1.67. The van der Waals surface area contributed by atoms with Crippen LogP contribution < -0.4 is 5.73 Å². The van der Waals surface area contributed by atoms with E-state index in [0.717, 1.165) is 5.56 Å². The Morgan fingerprint density at radius 2 is 1.95 bits per heavy atom. The molecule has 0 unspecified atom stereocenters. The van der Waals surface area contributed by atoms with Crippen LogP contribution in [0.5, 0.6) is 0 Å². The predicted octanol–water partition coefficient (Wildman–Crippen LogP) is 2.88. The van der Waals surface area contributed by atoms with Crippen LogP contribution in [0.3, 0.4) is 0 Å². The summed E-state index contributed by atoms with van der Waals surface area (Å²) in [4.78, 5) is 11.2. The van der Waals surface area contributed by atoms with E-state index in [1.165, 1.54) is 18.2 Å². The Morgan fingerprint density at radius 3 is 2.47 bits per heavy atom. The molecule has 0 bridgehead atoms. The van der Waals surface area contributed by atoms with Gasteiger partial charge in [-0.2, -0.15) is 11.3 Å². The third-order valence-electron chi connectivity index (χ3n) is 2.77. The summed E-state index contributed by atoms with van der Waals surface area (Å²) in [7, 11) is 1.35. The highest BCUT2D eigenvalue weighted by atomic mass is 35.5. The highest BCUT2D eigenvalue weighted by molar-refractivity contribution is 7.08. The quantitative estimate of drug-likeness (QED) is 0.883. The van der Waals surface area contributed by atoms with Gasteiger partial charge in [0.15, 0.2) is 0 Å². The molecule has 0 aliphatic rings. The van der Waals surface area contributed by atoms with Gasteiger partial charge < -0.3 is 10.5 Å². The number of carbonyl (C=O) groups excluding carboxylic acids is 1. The molecular weight excluding hydrogens is 282 g/mol. The van der Waals surface area contributed by atoms with Crippen molar-refractivity contribution in [3.05, 3.63) is 46.7 Å². The third-order valence-corrected chi connectivity index (χ3v) is 3.45. The molecule has 1 aromatic carbocycles. The number of methoxy groups -OCH3 is 1. The largest absolute Gasteiger partial charge is 0.468 e. The zero-order valence-corrected chi connectivity index (χ0v) is 12.2. The molecule has 5 heteroatoms. The van der Waals surface area contributed by atoms with Crippen LogP contribution in [-0.2, 0) is 16.0 Å². The second-order valence-corrected chi connectivity index (χ2v) is 4.82. The number of hydrogen-bond donors (Lipinski definition) is 1.